The number of carbonyl (C=O) groups is 1. The summed E-state index contributed by atoms with van der Waals surface area (Å²) in [7, 11) is 0. The second-order valence-corrected chi connectivity index (χ2v) is 4.74. The number of carbonyl (C=O) groups excluding carboxylic acids is 1. The van der Waals surface area contributed by atoms with Crippen molar-refractivity contribution in [3.05, 3.63) is 29.3 Å². The van der Waals surface area contributed by atoms with Crippen LogP contribution in [0.5, 0.6) is 0 Å². The first kappa shape index (κ1) is 14.5. The molecule has 4 heteroatoms. The topological polar surface area (TPSA) is 64.4 Å². The molecular formula is C14H22N2O2. The molecule has 100 valence electrons. The summed E-state index contributed by atoms with van der Waals surface area (Å²) < 4.78 is 5.40. The Labute approximate surface area is 109 Å². The summed E-state index contributed by atoms with van der Waals surface area (Å²) in [4.78, 5) is 11.9. The minimum Gasteiger partial charge on any atom is -0.398 e. The third kappa shape index (κ3) is 4.37. The minimum atomic E-state index is -0.104. The summed E-state index contributed by atoms with van der Waals surface area (Å²) in [6, 6.07) is 5.35. The Morgan fingerprint density at radius 3 is 2.83 bits per heavy atom. The van der Waals surface area contributed by atoms with E-state index < -0.39 is 0 Å². The molecule has 0 fully saturated rings. The van der Waals surface area contributed by atoms with Crippen LogP contribution in [0.3, 0.4) is 0 Å². The third-order valence-corrected chi connectivity index (χ3v) is 2.60. The quantitative estimate of drug-likeness (QED) is 0.599. The Morgan fingerprint density at radius 1 is 1.44 bits per heavy atom. The summed E-state index contributed by atoms with van der Waals surface area (Å²) in [5.41, 5.74) is 7.84. The Balaban J connectivity index is 2.39. The lowest BCUT2D eigenvalue weighted by atomic mass is 10.1. The molecule has 4 nitrogen and oxygen atoms in total. The van der Waals surface area contributed by atoms with Crippen molar-refractivity contribution in [1.82, 2.24) is 5.32 Å². The van der Waals surface area contributed by atoms with Crippen molar-refractivity contribution in [3.8, 4) is 0 Å². The predicted octanol–water partition coefficient (Wildman–Crippen LogP) is 1.98. The van der Waals surface area contributed by atoms with Crippen molar-refractivity contribution in [2.24, 2.45) is 5.92 Å². The highest BCUT2D eigenvalue weighted by molar-refractivity contribution is 5.96. The largest absolute Gasteiger partial charge is 0.398 e. The van der Waals surface area contributed by atoms with Crippen LogP contribution in [0.4, 0.5) is 5.69 Å². The zero-order valence-electron chi connectivity index (χ0n) is 11.3. The molecule has 0 bridgehead atoms. The Bertz CT molecular complexity index is 403. The van der Waals surface area contributed by atoms with Crippen LogP contribution in [0.1, 0.15) is 29.8 Å². The number of hydrogen-bond donors (Lipinski definition) is 2. The van der Waals surface area contributed by atoms with Gasteiger partial charge in [-0.3, -0.25) is 4.79 Å². The van der Waals surface area contributed by atoms with Crippen LogP contribution in [0.25, 0.3) is 0 Å². The van der Waals surface area contributed by atoms with Crippen LogP contribution in [0.15, 0.2) is 18.2 Å². The van der Waals surface area contributed by atoms with Crippen molar-refractivity contribution in [2.45, 2.75) is 20.8 Å². The van der Waals surface area contributed by atoms with E-state index in [9.17, 15) is 4.79 Å². The predicted molar refractivity (Wildman–Crippen MR) is 73.6 cm³/mol. The highest BCUT2D eigenvalue weighted by Crippen LogP contribution is 2.14. The molecule has 0 saturated carbocycles. The van der Waals surface area contributed by atoms with Gasteiger partial charge in [0.25, 0.3) is 5.91 Å². The molecule has 0 spiro atoms. The van der Waals surface area contributed by atoms with Crippen molar-refractivity contribution >= 4 is 11.6 Å². The molecule has 0 aliphatic carbocycles. The number of nitrogens with one attached hydrogen (secondary N) is 1. The van der Waals surface area contributed by atoms with E-state index in [4.69, 9.17) is 10.5 Å². The number of benzene rings is 1. The molecule has 1 amide bonds. The number of amides is 1. The Hall–Kier alpha value is -1.55. The van der Waals surface area contributed by atoms with Crippen LogP contribution in [-0.4, -0.2) is 25.7 Å². The summed E-state index contributed by atoms with van der Waals surface area (Å²) in [5.74, 6) is 0.407. The molecule has 1 aromatic carbocycles. The van der Waals surface area contributed by atoms with E-state index in [2.05, 4.69) is 19.2 Å². The molecule has 1 aromatic rings. The van der Waals surface area contributed by atoms with Gasteiger partial charge in [0.15, 0.2) is 0 Å². The van der Waals surface area contributed by atoms with Crippen molar-refractivity contribution in [3.63, 3.8) is 0 Å². The van der Waals surface area contributed by atoms with E-state index in [1.807, 2.05) is 6.92 Å². The maximum atomic E-state index is 11.9. The molecule has 0 aliphatic rings. The smallest absolute Gasteiger partial charge is 0.251 e. The average Bonchev–Trinajstić information content (AvgIpc) is 2.31. The summed E-state index contributed by atoms with van der Waals surface area (Å²) in [6.07, 6.45) is 0. The maximum Gasteiger partial charge on any atom is 0.251 e. The molecule has 0 aliphatic heterocycles. The van der Waals surface area contributed by atoms with Gasteiger partial charge >= 0.3 is 0 Å². The maximum absolute atomic E-state index is 11.9. The van der Waals surface area contributed by atoms with Crippen LogP contribution < -0.4 is 11.1 Å². The monoisotopic (exact) mass is 250 g/mol. The van der Waals surface area contributed by atoms with Gasteiger partial charge in [-0.15, -0.1) is 0 Å². The van der Waals surface area contributed by atoms with Gasteiger partial charge in [0.1, 0.15) is 0 Å². The van der Waals surface area contributed by atoms with Crippen LogP contribution in [0.2, 0.25) is 0 Å². The Morgan fingerprint density at radius 2 is 2.17 bits per heavy atom. The summed E-state index contributed by atoms with van der Waals surface area (Å²) >= 11 is 0. The normalized spacial score (nSPS) is 10.7. The number of rotatable bonds is 6. The summed E-state index contributed by atoms with van der Waals surface area (Å²) in [6.45, 7) is 7.79. The molecule has 0 saturated heterocycles. The van der Waals surface area contributed by atoms with Gasteiger partial charge in [-0.1, -0.05) is 19.9 Å². The number of ether oxygens (including phenoxy) is 1. The van der Waals surface area contributed by atoms with Crippen LogP contribution >= 0.6 is 0 Å². The Kier molecular flexibility index (Phi) is 5.65. The highest BCUT2D eigenvalue weighted by atomic mass is 16.5. The number of anilines is 1. The zero-order valence-corrected chi connectivity index (χ0v) is 11.3. The number of nitrogen functional groups attached to an aromatic ring is 1. The minimum absolute atomic E-state index is 0.104. The van der Waals surface area contributed by atoms with Gasteiger partial charge in [0.2, 0.25) is 0 Å². The van der Waals surface area contributed by atoms with E-state index in [1.165, 1.54) is 0 Å². The second-order valence-electron chi connectivity index (χ2n) is 4.74. The first-order valence-electron chi connectivity index (χ1n) is 6.23. The summed E-state index contributed by atoms with van der Waals surface area (Å²) in [5, 5.41) is 2.82. The lowest BCUT2D eigenvalue weighted by Crippen LogP contribution is -2.28. The molecule has 0 aromatic heterocycles. The molecule has 3 N–H and O–H groups in total. The van der Waals surface area contributed by atoms with Crippen LogP contribution in [0, 0.1) is 12.8 Å². The lowest BCUT2D eigenvalue weighted by Gasteiger charge is -2.10. The SMILES string of the molecule is Cc1c(N)cccc1C(=O)NCCOCC(C)C. The van der Waals surface area contributed by atoms with Gasteiger partial charge in [-0.2, -0.15) is 0 Å². The number of hydrogen-bond acceptors (Lipinski definition) is 3. The van der Waals surface area contributed by atoms with Crippen molar-refractivity contribution in [2.75, 3.05) is 25.5 Å². The van der Waals surface area contributed by atoms with E-state index >= 15 is 0 Å². The van der Waals surface area contributed by atoms with Crippen molar-refractivity contribution < 1.29 is 9.53 Å². The third-order valence-electron chi connectivity index (χ3n) is 2.60. The first-order valence-corrected chi connectivity index (χ1v) is 6.23. The molecule has 0 heterocycles. The standard InChI is InChI=1S/C14H22N2O2/c1-10(2)9-18-8-7-16-14(17)12-5-4-6-13(15)11(12)3/h4-6,10H,7-9,15H2,1-3H3,(H,16,17). The zero-order chi connectivity index (χ0) is 13.5. The molecule has 1 rings (SSSR count). The van der Waals surface area contributed by atoms with E-state index in [0.717, 1.165) is 5.56 Å². The fourth-order valence-electron chi connectivity index (χ4n) is 1.55. The van der Waals surface area contributed by atoms with Gasteiger partial charge in [-0.25, -0.2) is 0 Å². The molecule has 0 unspecified atom stereocenters. The second kappa shape index (κ2) is 7.01. The molecule has 18 heavy (non-hydrogen) atoms. The van der Waals surface area contributed by atoms with E-state index in [0.29, 0.717) is 36.9 Å². The van der Waals surface area contributed by atoms with Gasteiger partial charge in [0, 0.05) is 24.4 Å². The molecule has 0 atom stereocenters. The van der Waals surface area contributed by atoms with E-state index in [1.54, 1.807) is 18.2 Å². The average molecular weight is 250 g/mol. The number of nitrogens with two attached hydrogens (primary N) is 1. The fourth-order valence-corrected chi connectivity index (χ4v) is 1.55. The molecular weight excluding hydrogens is 228 g/mol. The lowest BCUT2D eigenvalue weighted by molar-refractivity contribution is 0.0886. The van der Waals surface area contributed by atoms with Gasteiger partial charge in [0.05, 0.1) is 6.61 Å². The van der Waals surface area contributed by atoms with Crippen LogP contribution in [-0.2, 0) is 4.74 Å². The van der Waals surface area contributed by atoms with Gasteiger partial charge in [-0.05, 0) is 30.5 Å². The first-order chi connectivity index (χ1) is 8.52. The highest BCUT2D eigenvalue weighted by Gasteiger charge is 2.09. The van der Waals surface area contributed by atoms with Crippen molar-refractivity contribution in [1.29, 1.82) is 0 Å². The molecule has 0 radical (unpaired) electrons. The fraction of sp³-hybridized carbons (Fsp3) is 0.500. The van der Waals surface area contributed by atoms with E-state index in [-0.39, 0.29) is 5.91 Å². The van der Waals surface area contributed by atoms with Gasteiger partial charge < -0.3 is 15.8 Å².